The van der Waals surface area contributed by atoms with E-state index in [9.17, 15) is 8.42 Å². The zero-order valence-electron chi connectivity index (χ0n) is 9.78. The van der Waals surface area contributed by atoms with Crippen LogP contribution in [0.2, 0.25) is 0 Å². The Hall–Kier alpha value is -0.570. The summed E-state index contributed by atoms with van der Waals surface area (Å²) >= 11 is 0. The zero-order valence-corrected chi connectivity index (χ0v) is 10.6. The number of hydrogen-bond donors (Lipinski definition) is 0. The third-order valence-corrected chi connectivity index (χ3v) is 3.22. The van der Waals surface area contributed by atoms with E-state index in [1.165, 1.54) is 0 Å². The van der Waals surface area contributed by atoms with E-state index in [1.54, 1.807) is 0 Å². The van der Waals surface area contributed by atoms with Crippen molar-refractivity contribution in [2.45, 2.75) is 32.6 Å². The molecule has 4 nitrogen and oxygen atoms in total. The molecule has 94 valence electrons. The van der Waals surface area contributed by atoms with E-state index in [2.05, 4.69) is 10.1 Å². The van der Waals surface area contributed by atoms with Gasteiger partial charge < -0.3 is 4.74 Å². The van der Waals surface area contributed by atoms with Crippen LogP contribution in [-0.2, 0) is 19.0 Å². The average Bonchev–Trinajstić information content (AvgIpc) is 2.25. The number of unbranched alkanes of at least 4 members (excludes halogenated alkanes) is 3. The predicted octanol–water partition coefficient (Wildman–Crippen LogP) is 1.56. The van der Waals surface area contributed by atoms with E-state index in [0.29, 0.717) is 6.42 Å². The highest BCUT2D eigenvalue weighted by Crippen LogP contribution is 2.04. The molecule has 0 aromatic carbocycles. The highest BCUT2D eigenvalue weighted by molar-refractivity contribution is 7.86. The number of rotatable bonds is 10. The van der Waals surface area contributed by atoms with Gasteiger partial charge in [0.15, 0.2) is 0 Å². The molecular weight excluding hydrogens is 228 g/mol. The van der Waals surface area contributed by atoms with E-state index in [1.807, 2.05) is 6.92 Å². The van der Waals surface area contributed by atoms with Crippen molar-refractivity contribution in [3.63, 3.8) is 0 Å². The Bertz CT molecular complexity index is 290. The van der Waals surface area contributed by atoms with Crippen molar-refractivity contribution in [3.8, 4) is 12.3 Å². The van der Waals surface area contributed by atoms with Crippen LogP contribution in [0.3, 0.4) is 0 Å². The van der Waals surface area contributed by atoms with Crippen LogP contribution in [0, 0.1) is 12.3 Å². The minimum Gasteiger partial charge on any atom is -0.382 e. The average molecular weight is 248 g/mol. The van der Waals surface area contributed by atoms with Crippen LogP contribution in [0.1, 0.15) is 32.6 Å². The SMILES string of the molecule is C#CCOS(=O)(=O)CCCCCCOCC. The molecule has 0 saturated carbocycles. The van der Waals surface area contributed by atoms with Crippen LogP contribution in [0.4, 0.5) is 0 Å². The van der Waals surface area contributed by atoms with Gasteiger partial charge in [0.1, 0.15) is 6.61 Å². The van der Waals surface area contributed by atoms with Crippen molar-refractivity contribution in [3.05, 3.63) is 0 Å². The van der Waals surface area contributed by atoms with Crippen LogP contribution in [0.25, 0.3) is 0 Å². The fourth-order valence-electron chi connectivity index (χ4n) is 1.16. The summed E-state index contributed by atoms with van der Waals surface area (Å²) in [5.74, 6) is 2.18. The molecule has 0 bridgehead atoms. The molecule has 0 heterocycles. The fraction of sp³-hybridized carbons (Fsp3) is 0.818. The van der Waals surface area contributed by atoms with Gasteiger partial charge in [-0.15, -0.1) is 6.42 Å². The van der Waals surface area contributed by atoms with Gasteiger partial charge in [0.25, 0.3) is 10.1 Å². The summed E-state index contributed by atoms with van der Waals surface area (Å²) in [6.45, 7) is 3.26. The Kier molecular flexibility index (Phi) is 9.30. The van der Waals surface area contributed by atoms with Crippen molar-refractivity contribution in [2.75, 3.05) is 25.6 Å². The van der Waals surface area contributed by atoms with Crippen molar-refractivity contribution in [2.24, 2.45) is 0 Å². The first-order chi connectivity index (χ1) is 7.62. The molecule has 16 heavy (non-hydrogen) atoms. The summed E-state index contributed by atoms with van der Waals surface area (Å²) in [4.78, 5) is 0. The summed E-state index contributed by atoms with van der Waals surface area (Å²) in [5, 5.41) is 0. The van der Waals surface area contributed by atoms with Crippen molar-refractivity contribution >= 4 is 10.1 Å². The smallest absolute Gasteiger partial charge is 0.268 e. The maximum absolute atomic E-state index is 11.2. The normalized spacial score (nSPS) is 11.2. The van der Waals surface area contributed by atoms with Crippen LogP contribution in [0.5, 0.6) is 0 Å². The van der Waals surface area contributed by atoms with Crippen LogP contribution < -0.4 is 0 Å². The zero-order chi connectivity index (χ0) is 12.3. The summed E-state index contributed by atoms with van der Waals surface area (Å²) in [6, 6.07) is 0. The molecule has 0 aromatic rings. The Morgan fingerprint density at radius 2 is 1.88 bits per heavy atom. The molecule has 0 spiro atoms. The molecular formula is C11H20O4S. The topological polar surface area (TPSA) is 52.6 Å². The van der Waals surface area contributed by atoms with E-state index in [-0.39, 0.29) is 12.4 Å². The highest BCUT2D eigenvalue weighted by Gasteiger charge is 2.09. The summed E-state index contributed by atoms with van der Waals surface area (Å²) < 4.78 is 32.1. The highest BCUT2D eigenvalue weighted by atomic mass is 32.2. The molecule has 0 saturated heterocycles. The molecule has 0 aliphatic rings. The molecule has 0 rings (SSSR count). The number of hydrogen-bond acceptors (Lipinski definition) is 4. The third kappa shape index (κ3) is 9.97. The Morgan fingerprint density at radius 3 is 2.50 bits per heavy atom. The summed E-state index contributed by atoms with van der Waals surface area (Å²) in [5.41, 5.74) is 0. The van der Waals surface area contributed by atoms with Gasteiger partial charge in [-0.2, -0.15) is 8.42 Å². The molecule has 0 N–H and O–H groups in total. The van der Waals surface area contributed by atoms with Crippen LogP contribution in [-0.4, -0.2) is 34.0 Å². The van der Waals surface area contributed by atoms with Gasteiger partial charge in [0.05, 0.1) is 5.75 Å². The lowest BCUT2D eigenvalue weighted by atomic mass is 10.2. The molecule has 0 aliphatic carbocycles. The lowest BCUT2D eigenvalue weighted by Gasteiger charge is -2.03. The summed E-state index contributed by atoms with van der Waals surface area (Å²) in [7, 11) is -3.41. The first-order valence-electron chi connectivity index (χ1n) is 5.50. The minimum atomic E-state index is -3.41. The molecule has 0 aromatic heterocycles. The first-order valence-corrected chi connectivity index (χ1v) is 7.08. The second kappa shape index (κ2) is 9.64. The van der Waals surface area contributed by atoms with Gasteiger partial charge in [-0.3, -0.25) is 4.18 Å². The fourth-order valence-corrected chi connectivity index (χ4v) is 2.09. The van der Waals surface area contributed by atoms with E-state index in [4.69, 9.17) is 11.2 Å². The van der Waals surface area contributed by atoms with Gasteiger partial charge in [0, 0.05) is 13.2 Å². The minimum absolute atomic E-state index is 0.0450. The van der Waals surface area contributed by atoms with E-state index in [0.717, 1.165) is 32.5 Å². The Labute approximate surface area is 98.4 Å². The second-order valence-electron chi connectivity index (χ2n) is 3.34. The maximum Gasteiger partial charge on any atom is 0.268 e. The van der Waals surface area contributed by atoms with Gasteiger partial charge in [-0.05, 0) is 19.8 Å². The number of ether oxygens (including phenoxy) is 1. The third-order valence-electron chi connectivity index (χ3n) is 1.96. The molecule has 5 heteroatoms. The standard InChI is InChI=1S/C11H20O4S/c1-3-9-15-16(12,13)11-8-6-5-7-10-14-4-2/h1H,4-11H2,2H3. The molecule has 0 radical (unpaired) electrons. The molecule has 0 fully saturated rings. The lowest BCUT2D eigenvalue weighted by Crippen LogP contribution is -2.10. The van der Waals surface area contributed by atoms with Gasteiger partial charge in [0.2, 0.25) is 0 Å². The molecule has 0 amide bonds. The van der Waals surface area contributed by atoms with Crippen molar-refractivity contribution < 1.29 is 17.3 Å². The second-order valence-corrected chi connectivity index (χ2v) is 5.10. The molecule has 0 aliphatic heterocycles. The van der Waals surface area contributed by atoms with Crippen molar-refractivity contribution in [1.82, 2.24) is 0 Å². The summed E-state index contributed by atoms with van der Waals surface area (Å²) in [6.07, 6.45) is 8.33. The van der Waals surface area contributed by atoms with Gasteiger partial charge in [-0.1, -0.05) is 18.8 Å². The predicted molar refractivity (Wildman–Crippen MR) is 63.5 cm³/mol. The number of terminal acetylenes is 1. The van der Waals surface area contributed by atoms with Crippen LogP contribution >= 0.6 is 0 Å². The van der Waals surface area contributed by atoms with E-state index < -0.39 is 10.1 Å². The molecule has 0 atom stereocenters. The Morgan fingerprint density at radius 1 is 1.19 bits per heavy atom. The van der Waals surface area contributed by atoms with Gasteiger partial charge >= 0.3 is 0 Å². The first kappa shape index (κ1) is 15.4. The largest absolute Gasteiger partial charge is 0.382 e. The lowest BCUT2D eigenvalue weighted by molar-refractivity contribution is 0.143. The Balaban J connectivity index is 3.41. The van der Waals surface area contributed by atoms with Crippen LogP contribution in [0.15, 0.2) is 0 Å². The quantitative estimate of drug-likeness (QED) is 0.334. The monoisotopic (exact) mass is 248 g/mol. The van der Waals surface area contributed by atoms with Gasteiger partial charge in [-0.25, -0.2) is 0 Å². The van der Waals surface area contributed by atoms with Crippen molar-refractivity contribution in [1.29, 1.82) is 0 Å². The maximum atomic E-state index is 11.2. The van der Waals surface area contributed by atoms with E-state index >= 15 is 0 Å². The molecule has 0 unspecified atom stereocenters.